The van der Waals surface area contributed by atoms with Crippen molar-refractivity contribution in [1.29, 1.82) is 0 Å². The van der Waals surface area contributed by atoms with Crippen molar-refractivity contribution in [2.24, 2.45) is 0 Å². The molecule has 166 valence electrons. The number of likely N-dealkylation sites (N-methyl/N-ethyl adjacent to an activating group) is 1. The molecule has 6 nitrogen and oxygen atoms in total. The average Bonchev–Trinajstić information content (AvgIpc) is 3.27. The molecule has 0 radical (unpaired) electrons. The van der Waals surface area contributed by atoms with E-state index in [-0.39, 0.29) is 12.1 Å². The summed E-state index contributed by atoms with van der Waals surface area (Å²) in [6, 6.07) is 16.9. The molecule has 2 aromatic carbocycles. The largest absolute Gasteiger partial charge is 0.490 e. The van der Waals surface area contributed by atoms with Gasteiger partial charge in [-0.15, -0.1) is 0 Å². The van der Waals surface area contributed by atoms with Gasteiger partial charge in [-0.2, -0.15) is 0 Å². The Labute approximate surface area is 185 Å². The molecule has 31 heavy (non-hydrogen) atoms. The molecule has 0 aliphatic carbocycles. The van der Waals surface area contributed by atoms with Crippen molar-refractivity contribution in [3.05, 3.63) is 54.1 Å². The van der Waals surface area contributed by atoms with Gasteiger partial charge in [-0.05, 0) is 63.3 Å². The van der Waals surface area contributed by atoms with Crippen LogP contribution in [-0.4, -0.2) is 68.3 Å². The summed E-state index contributed by atoms with van der Waals surface area (Å²) in [5, 5.41) is 3.05. The Hall–Kier alpha value is -2.73. The molecule has 2 aliphatic rings. The average molecular weight is 423 g/mol. The third-order valence-corrected chi connectivity index (χ3v) is 6.49. The van der Waals surface area contributed by atoms with Gasteiger partial charge >= 0.3 is 6.03 Å². The molecule has 2 aliphatic heterocycles. The van der Waals surface area contributed by atoms with Crippen LogP contribution in [0.15, 0.2) is 48.5 Å². The Morgan fingerprint density at radius 2 is 1.71 bits per heavy atom. The minimum atomic E-state index is -0.0315. The highest BCUT2D eigenvalue weighted by Crippen LogP contribution is 2.25. The van der Waals surface area contributed by atoms with Gasteiger partial charge in [0.15, 0.2) is 0 Å². The van der Waals surface area contributed by atoms with Gasteiger partial charge < -0.3 is 24.8 Å². The molecule has 2 aromatic rings. The van der Waals surface area contributed by atoms with Gasteiger partial charge in [-0.25, -0.2) is 4.79 Å². The first-order valence-electron chi connectivity index (χ1n) is 11.3. The number of para-hydroxylation sites is 1. The molecular formula is C25H34N4O2. The predicted molar refractivity (Wildman–Crippen MR) is 126 cm³/mol. The van der Waals surface area contributed by atoms with E-state index in [0.29, 0.717) is 19.1 Å². The molecule has 0 spiro atoms. The zero-order chi connectivity index (χ0) is 21.8. The van der Waals surface area contributed by atoms with E-state index in [9.17, 15) is 4.79 Å². The number of ether oxygens (including phenoxy) is 1. The summed E-state index contributed by atoms with van der Waals surface area (Å²) in [6.07, 6.45) is 3.05. The number of urea groups is 1. The van der Waals surface area contributed by atoms with Crippen LogP contribution in [0.5, 0.6) is 5.75 Å². The molecule has 2 amide bonds. The summed E-state index contributed by atoms with van der Waals surface area (Å²) in [7, 11) is 4.29. The van der Waals surface area contributed by atoms with Crippen molar-refractivity contribution < 1.29 is 9.53 Å². The number of carbonyl (C=O) groups excluding carboxylic acids is 1. The second-order valence-electron chi connectivity index (χ2n) is 8.90. The normalized spacial score (nSPS) is 19.7. The quantitative estimate of drug-likeness (QED) is 0.784. The lowest BCUT2D eigenvalue weighted by molar-refractivity contribution is 0.115. The van der Waals surface area contributed by atoms with Crippen LogP contribution in [0.25, 0.3) is 0 Å². The van der Waals surface area contributed by atoms with E-state index in [2.05, 4.69) is 54.3 Å². The molecule has 1 N–H and O–H groups in total. The standard InChI is InChI=1S/C25H34N4O2/c1-19-6-4-5-7-24(19)31-23-13-16-28(17-14-23)25(30)26-20-8-10-21(11-9-20)29-15-12-22(18-29)27(2)3/h4-11,22-23H,12-18H2,1-3H3,(H,26,30). The zero-order valence-electron chi connectivity index (χ0n) is 18.9. The molecule has 2 fully saturated rings. The Morgan fingerprint density at radius 3 is 2.35 bits per heavy atom. The number of aryl methyl sites for hydroxylation is 1. The number of rotatable bonds is 5. The van der Waals surface area contributed by atoms with Gasteiger partial charge in [-0.3, -0.25) is 0 Å². The fourth-order valence-electron chi connectivity index (χ4n) is 4.40. The topological polar surface area (TPSA) is 48.1 Å². The molecule has 0 saturated carbocycles. The van der Waals surface area contributed by atoms with E-state index in [0.717, 1.165) is 42.9 Å². The lowest BCUT2D eigenvalue weighted by Crippen LogP contribution is -2.43. The van der Waals surface area contributed by atoms with E-state index in [1.54, 1.807) is 0 Å². The Kier molecular flexibility index (Phi) is 6.66. The number of piperidine rings is 1. The molecular weight excluding hydrogens is 388 g/mol. The number of benzene rings is 2. The van der Waals surface area contributed by atoms with Crippen molar-refractivity contribution in [2.45, 2.75) is 38.3 Å². The SMILES string of the molecule is Cc1ccccc1OC1CCN(C(=O)Nc2ccc(N3CCC(N(C)C)C3)cc2)CC1. The highest BCUT2D eigenvalue weighted by atomic mass is 16.5. The number of nitrogens with one attached hydrogen (secondary N) is 1. The maximum atomic E-state index is 12.7. The van der Waals surface area contributed by atoms with Crippen LogP contribution in [0.3, 0.4) is 0 Å². The highest BCUT2D eigenvalue weighted by Gasteiger charge is 2.25. The predicted octanol–water partition coefficient (Wildman–Crippen LogP) is 4.21. The second kappa shape index (κ2) is 9.60. The summed E-state index contributed by atoms with van der Waals surface area (Å²) < 4.78 is 6.15. The fraction of sp³-hybridized carbons (Fsp3) is 0.480. The first-order valence-corrected chi connectivity index (χ1v) is 11.3. The summed E-state index contributed by atoms with van der Waals surface area (Å²) in [6.45, 7) is 5.61. The summed E-state index contributed by atoms with van der Waals surface area (Å²) in [4.78, 5) is 19.3. The number of likely N-dealkylation sites (tertiary alicyclic amines) is 1. The van der Waals surface area contributed by atoms with Crippen molar-refractivity contribution in [1.82, 2.24) is 9.80 Å². The maximum Gasteiger partial charge on any atom is 0.321 e. The lowest BCUT2D eigenvalue weighted by Gasteiger charge is -2.32. The Morgan fingerprint density at radius 1 is 1.00 bits per heavy atom. The van der Waals surface area contributed by atoms with Gasteiger partial charge in [0.25, 0.3) is 0 Å². The number of nitrogens with zero attached hydrogens (tertiary/aromatic N) is 3. The lowest BCUT2D eigenvalue weighted by atomic mass is 10.1. The van der Waals surface area contributed by atoms with E-state index in [1.165, 1.54) is 12.1 Å². The smallest absolute Gasteiger partial charge is 0.321 e. The molecule has 0 aromatic heterocycles. The summed E-state index contributed by atoms with van der Waals surface area (Å²) >= 11 is 0. The molecule has 2 heterocycles. The number of amides is 2. The summed E-state index contributed by atoms with van der Waals surface area (Å²) in [5.74, 6) is 0.945. The molecule has 4 rings (SSSR count). The molecule has 2 saturated heterocycles. The first-order chi connectivity index (χ1) is 15.0. The Bertz CT molecular complexity index is 875. The number of carbonyl (C=O) groups is 1. The van der Waals surface area contributed by atoms with Gasteiger partial charge in [0.05, 0.1) is 0 Å². The van der Waals surface area contributed by atoms with Crippen LogP contribution in [-0.2, 0) is 0 Å². The number of anilines is 2. The highest BCUT2D eigenvalue weighted by molar-refractivity contribution is 5.89. The van der Waals surface area contributed by atoms with E-state index in [4.69, 9.17) is 4.74 Å². The minimum Gasteiger partial charge on any atom is -0.490 e. The van der Waals surface area contributed by atoms with Crippen LogP contribution < -0.4 is 15.0 Å². The van der Waals surface area contributed by atoms with Crippen LogP contribution in [0.4, 0.5) is 16.2 Å². The van der Waals surface area contributed by atoms with Gasteiger partial charge in [-0.1, -0.05) is 18.2 Å². The second-order valence-corrected chi connectivity index (χ2v) is 8.90. The van der Waals surface area contributed by atoms with Gasteiger partial charge in [0.1, 0.15) is 11.9 Å². The minimum absolute atomic E-state index is 0.0315. The van der Waals surface area contributed by atoms with Crippen LogP contribution in [0, 0.1) is 6.92 Å². The summed E-state index contributed by atoms with van der Waals surface area (Å²) in [5.41, 5.74) is 3.21. The molecule has 1 atom stereocenters. The third kappa shape index (κ3) is 5.31. The van der Waals surface area contributed by atoms with E-state index >= 15 is 0 Å². The first kappa shape index (κ1) is 21.5. The van der Waals surface area contributed by atoms with Gasteiger partial charge in [0, 0.05) is 56.4 Å². The monoisotopic (exact) mass is 422 g/mol. The fourth-order valence-corrected chi connectivity index (χ4v) is 4.40. The molecule has 6 heteroatoms. The zero-order valence-corrected chi connectivity index (χ0v) is 18.9. The molecule has 0 bridgehead atoms. The van der Waals surface area contributed by atoms with E-state index < -0.39 is 0 Å². The number of hydrogen-bond acceptors (Lipinski definition) is 4. The van der Waals surface area contributed by atoms with Crippen LogP contribution >= 0.6 is 0 Å². The Balaban J connectivity index is 1.25. The van der Waals surface area contributed by atoms with Crippen LogP contribution in [0.2, 0.25) is 0 Å². The van der Waals surface area contributed by atoms with Gasteiger partial charge in [0.2, 0.25) is 0 Å². The van der Waals surface area contributed by atoms with Crippen molar-refractivity contribution in [3.63, 3.8) is 0 Å². The third-order valence-electron chi connectivity index (χ3n) is 6.49. The van der Waals surface area contributed by atoms with Crippen molar-refractivity contribution in [2.75, 3.05) is 50.5 Å². The van der Waals surface area contributed by atoms with Crippen molar-refractivity contribution in [3.8, 4) is 5.75 Å². The van der Waals surface area contributed by atoms with Crippen molar-refractivity contribution >= 4 is 17.4 Å². The van der Waals surface area contributed by atoms with Crippen LogP contribution in [0.1, 0.15) is 24.8 Å². The van der Waals surface area contributed by atoms with E-state index in [1.807, 2.05) is 35.2 Å². The molecule has 1 unspecified atom stereocenters. The number of hydrogen-bond donors (Lipinski definition) is 1. The maximum absolute atomic E-state index is 12.7.